The Labute approximate surface area is 121 Å². The molecule has 1 heterocycles. The Morgan fingerprint density at radius 2 is 2.25 bits per heavy atom. The predicted octanol–water partition coefficient (Wildman–Crippen LogP) is 1.94. The van der Waals surface area contributed by atoms with Crippen molar-refractivity contribution in [1.82, 2.24) is 10.3 Å². The summed E-state index contributed by atoms with van der Waals surface area (Å²) in [4.78, 5) is 27.1. The first-order chi connectivity index (χ1) is 9.36. The largest absolute Gasteiger partial charge is 0.478 e. The topological polar surface area (TPSA) is 103 Å². The molecule has 0 aromatic carbocycles. The van der Waals surface area contributed by atoms with Crippen LogP contribution in [0, 0.1) is 11.3 Å². The Hall–Kier alpha value is -2.13. The highest BCUT2D eigenvalue weighted by molar-refractivity contribution is 6.17. The zero-order chi connectivity index (χ0) is 15.3. The number of halogens is 1. The van der Waals surface area contributed by atoms with Crippen molar-refractivity contribution < 1.29 is 14.7 Å². The number of nitriles is 1. The SMILES string of the molecule is CCC(C)(C#N)NC(=O)c1ncc(CCl)cc1C(=O)O. The molecule has 2 N–H and O–H groups in total. The summed E-state index contributed by atoms with van der Waals surface area (Å²) in [6.07, 6.45) is 1.72. The van der Waals surface area contributed by atoms with Crippen LogP contribution in [0.5, 0.6) is 0 Å². The molecule has 106 valence electrons. The monoisotopic (exact) mass is 295 g/mol. The lowest BCUT2D eigenvalue weighted by Gasteiger charge is -2.21. The molecular weight excluding hydrogens is 282 g/mol. The van der Waals surface area contributed by atoms with E-state index in [1.54, 1.807) is 13.8 Å². The van der Waals surface area contributed by atoms with Crippen molar-refractivity contribution >= 4 is 23.5 Å². The second kappa shape index (κ2) is 6.35. The molecule has 0 bridgehead atoms. The van der Waals surface area contributed by atoms with Gasteiger partial charge in [-0.3, -0.25) is 4.79 Å². The highest BCUT2D eigenvalue weighted by Crippen LogP contribution is 2.14. The molecule has 0 radical (unpaired) electrons. The Morgan fingerprint density at radius 1 is 1.60 bits per heavy atom. The average Bonchev–Trinajstić information content (AvgIpc) is 2.46. The Kier molecular flexibility index (Phi) is 5.06. The minimum absolute atomic E-state index is 0.0973. The quantitative estimate of drug-likeness (QED) is 0.808. The second-order valence-corrected chi connectivity index (χ2v) is 4.70. The number of carbonyl (C=O) groups is 2. The molecule has 1 rings (SSSR count). The van der Waals surface area contributed by atoms with Crippen LogP contribution in [0.2, 0.25) is 0 Å². The first-order valence-electron chi connectivity index (χ1n) is 5.88. The van der Waals surface area contributed by atoms with Gasteiger partial charge in [0.1, 0.15) is 11.2 Å². The zero-order valence-corrected chi connectivity index (χ0v) is 11.9. The smallest absolute Gasteiger partial charge is 0.338 e. The number of pyridine rings is 1. The van der Waals surface area contributed by atoms with E-state index in [0.717, 1.165) is 0 Å². The van der Waals surface area contributed by atoms with Crippen LogP contribution in [0.1, 0.15) is 46.7 Å². The zero-order valence-electron chi connectivity index (χ0n) is 11.1. The summed E-state index contributed by atoms with van der Waals surface area (Å²) in [5.41, 5.74) is -1.04. The molecule has 0 aliphatic rings. The highest BCUT2D eigenvalue weighted by atomic mass is 35.5. The van der Waals surface area contributed by atoms with E-state index in [9.17, 15) is 9.59 Å². The lowest BCUT2D eigenvalue weighted by Crippen LogP contribution is -2.45. The van der Waals surface area contributed by atoms with Crippen molar-refractivity contribution in [3.63, 3.8) is 0 Å². The number of hydrogen-bond acceptors (Lipinski definition) is 4. The molecule has 1 aromatic rings. The van der Waals surface area contributed by atoms with Gasteiger partial charge in [-0.25, -0.2) is 9.78 Å². The van der Waals surface area contributed by atoms with Crippen LogP contribution in [0.3, 0.4) is 0 Å². The van der Waals surface area contributed by atoms with Gasteiger partial charge >= 0.3 is 5.97 Å². The van der Waals surface area contributed by atoms with Crippen molar-refractivity contribution in [3.05, 3.63) is 29.1 Å². The fourth-order valence-electron chi connectivity index (χ4n) is 1.43. The number of carboxylic acid groups (broad SMARTS) is 1. The minimum Gasteiger partial charge on any atom is -0.478 e. The van der Waals surface area contributed by atoms with Crippen molar-refractivity contribution in [2.75, 3.05) is 0 Å². The van der Waals surface area contributed by atoms with Gasteiger partial charge in [-0.05, 0) is 25.0 Å². The van der Waals surface area contributed by atoms with E-state index >= 15 is 0 Å². The number of alkyl halides is 1. The summed E-state index contributed by atoms with van der Waals surface area (Å²) < 4.78 is 0. The van der Waals surface area contributed by atoms with Gasteiger partial charge in [0.25, 0.3) is 5.91 Å². The Bertz CT molecular complexity index is 583. The van der Waals surface area contributed by atoms with E-state index in [2.05, 4.69) is 10.3 Å². The maximum absolute atomic E-state index is 12.1. The predicted molar refractivity (Wildman–Crippen MR) is 72.5 cm³/mol. The molecule has 1 atom stereocenters. The molecule has 0 spiro atoms. The number of aromatic nitrogens is 1. The highest BCUT2D eigenvalue weighted by Gasteiger charge is 2.27. The lowest BCUT2D eigenvalue weighted by atomic mass is 10.0. The number of aromatic carboxylic acids is 1. The van der Waals surface area contributed by atoms with E-state index < -0.39 is 17.4 Å². The van der Waals surface area contributed by atoms with Crippen LogP contribution < -0.4 is 5.32 Å². The molecule has 0 fully saturated rings. The summed E-state index contributed by atoms with van der Waals surface area (Å²) in [7, 11) is 0. The van der Waals surface area contributed by atoms with Crippen LogP contribution in [0.4, 0.5) is 0 Å². The average molecular weight is 296 g/mol. The van der Waals surface area contributed by atoms with Crippen LogP contribution in [0.15, 0.2) is 12.3 Å². The standard InChI is InChI=1S/C13H14ClN3O3/c1-3-13(2,7-15)17-11(18)10-9(12(19)20)4-8(5-14)6-16-10/h4,6H,3,5H2,1-2H3,(H,17,18)(H,19,20). The van der Waals surface area contributed by atoms with Crippen molar-refractivity contribution in [2.45, 2.75) is 31.7 Å². The number of nitrogens with one attached hydrogen (secondary N) is 1. The van der Waals surface area contributed by atoms with E-state index in [1.165, 1.54) is 12.3 Å². The molecule has 1 unspecified atom stereocenters. The third kappa shape index (κ3) is 3.45. The lowest BCUT2D eigenvalue weighted by molar-refractivity contribution is 0.0688. The van der Waals surface area contributed by atoms with Crippen molar-refractivity contribution in [2.24, 2.45) is 0 Å². The van der Waals surface area contributed by atoms with E-state index in [0.29, 0.717) is 12.0 Å². The van der Waals surface area contributed by atoms with Crippen molar-refractivity contribution in [3.8, 4) is 6.07 Å². The number of hydrogen-bond donors (Lipinski definition) is 2. The van der Waals surface area contributed by atoms with Gasteiger partial charge in [0.2, 0.25) is 0 Å². The van der Waals surface area contributed by atoms with E-state index in [1.807, 2.05) is 6.07 Å². The second-order valence-electron chi connectivity index (χ2n) is 4.43. The first kappa shape index (κ1) is 15.9. The number of rotatable bonds is 5. The maximum Gasteiger partial charge on any atom is 0.338 e. The fourth-order valence-corrected chi connectivity index (χ4v) is 1.58. The van der Waals surface area contributed by atoms with Crippen LogP contribution >= 0.6 is 11.6 Å². The van der Waals surface area contributed by atoms with E-state index in [-0.39, 0.29) is 17.1 Å². The summed E-state index contributed by atoms with van der Waals surface area (Å²) >= 11 is 5.61. The van der Waals surface area contributed by atoms with Gasteiger partial charge in [0, 0.05) is 12.1 Å². The van der Waals surface area contributed by atoms with Gasteiger partial charge in [-0.15, -0.1) is 11.6 Å². The maximum atomic E-state index is 12.1. The van der Waals surface area contributed by atoms with Crippen molar-refractivity contribution in [1.29, 1.82) is 5.26 Å². The van der Waals surface area contributed by atoms with Crippen LogP contribution in [0.25, 0.3) is 0 Å². The molecule has 0 aliphatic heterocycles. The van der Waals surface area contributed by atoms with Gasteiger partial charge < -0.3 is 10.4 Å². The minimum atomic E-state index is -1.27. The van der Waals surface area contributed by atoms with Gasteiger partial charge in [-0.2, -0.15) is 5.26 Å². The van der Waals surface area contributed by atoms with Gasteiger partial charge in [-0.1, -0.05) is 6.92 Å². The molecule has 6 nitrogen and oxygen atoms in total. The molecular formula is C13H14ClN3O3. The summed E-state index contributed by atoms with van der Waals surface area (Å²) in [6, 6.07) is 3.27. The van der Waals surface area contributed by atoms with Crippen LogP contribution in [-0.4, -0.2) is 27.5 Å². The Morgan fingerprint density at radius 3 is 2.70 bits per heavy atom. The number of amides is 1. The van der Waals surface area contributed by atoms with Crippen LogP contribution in [-0.2, 0) is 5.88 Å². The fraction of sp³-hybridized carbons (Fsp3) is 0.385. The number of carbonyl (C=O) groups excluding carboxylic acids is 1. The third-order valence-corrected chi connectivity index (χ3v) is 3.20. The van der Waals surface area contributed by atoms with Gasteiger partial charge in [0.05, 0.1) is 11.6 Å². The molecule has 7 heteroatoms. The molecule has 1 aromatic heterocycles. The summed E-state index contributed by atoms with van der Waals surface area (Å²) in [6.45, 7) is 3.30. The molecule has 20 heavy (non-hydrogen) atoms. The number of carboxylic acids is 1. The molecule has 1 amide bonds. The normalized spacial score (nSPS) is 13.1. The third-order valence-electron chi connectivity index (χ3n) is 2.89. The van der Waals surface area contributed by atoms with Gasteiger partial charge in [0.15, 0.2) is 0 Å². The molecule has 0 aliphatic carbocycles. The van der Waals surface area contributed by atoms with E-state index in [4.69, 9.17) is 22.0 Å². The Balaban J connectivity index is 3.17. The molecule has 0 saturated heterocycles. The summed E-state index contributed by atoms with van der Waals surface area (Å²) in [5, 5.41) is 20.6. The first-order valence-corrected chi connectivity index (χ1v) is 6.42. The molecule has 0 saturated carbocycles. The number of nitrogens with zero attached hydrogens (tertiary/aromatic N) is 2. The summed E-state index contributed by atoms with van der Waals surface area (Å²) in [5.74, 6) is -1.88.